The van der Waals surface area contributed by atoms with E-state index in [0.717, 1.165) is 4.88 Å². The zero-order chi connectivity index (χ0) is 20.5. The molecule has 1 N–H and O–H groups in total. The standard InChI is InChI=1S/C18H18N2O7S/c1-12(21)19-9-8-13-6-7-17(28-13)15(22)10-27-18(23)11-26-16-5-3-2-4-14(16)20(24)25/h2-7H,8-11H2,1H3,(H,19,21). The lowest BCUT2D eigenvalue weighted by atomic mass is 10.3. The molecule has 1 aromatic carbocycles. The zero-order valence-corrected chi connectivity index (χ0v) is 15.8. The normalized spacial score (nSPS) is 10.2. The van der Waals surface area contributed by atoms with Gasteiger partial charge in [-0.05, 0) is 24.6 Å². The van der Waals surface area contributed by atoms with Gasteiger partial charge in [0, 0.05) is 24.4 Å². The maximum atomic E-state index is 12.1. The van der Waals surface area contributed by atoms with Crippen LogP contribution in [-0.4, -0.2) is 42.3 Å². The molecule has 0 unspecified atom stereocenters. The van der Waals surface area contributed by atoms with Crippen molar-refractivity contribution in [3.63, 3.8) is 0 Å². The average molecular weight is 406 g/mol. The smallest absolute Gasteiger partial charge is 0.344 e. The van der Waals surface area contributed by atoms with Crippen molar-refractivity contribution in [1.82, 2.24) is 5.32 Å². The number of esters is 1. The maximum Gasteiger partial charge on any atom is 0.344 e. The fourth-order valence-corrected chi connectivity index (χ4v) is 3.08. The van der Waals surface area contributed by atoms with Crippen molar-refractivity contribution < 1.29 is 28.8 Å². The van der Waals surface area contributed by atoms with Gasteiger partial charge in [0.15, 0.2) is 19.0 Å². The molecule has 0 bridgehead atoms. The fourth-order valence-electron chi connectivity index (χ4n) is 2.15. The number of nitro benzene ring substituents is 1. The van der Waals surface area contributed by atoms with Gasteiger partial charge in [-0.3, -0.25) is 19.7 Å². The average Bonchev–Trinajstić information content (AvgIpc) is 3.13. The van der Waals surface area contributed by atoms with Gasteiger partial charge in [-0.1, -0.05) is 12.1 Å². The topological polar surface area (TPSA) is 125 Å². The van der Waals surface area contributed by atoms with Gasteiger partial charge in [0.25, 0.3) is 0 Å². The molecular formula is C18H18N2O7S. The van der Waals surface area contributed by atoms with Crippen LogP contribution in [0.25, 0.3) is 0 Å². The number of hydrogen-bond donors (Lipinski definition) is 1. The van der Waals surface area contributed by atoms with Crippen molar-refractivity contribution in [3.05, 3.63) is 56.3 Å². The summed E-state index contributed by atoms with van der Waals surface area (Å²) in [5.74, 6) is -1.36. The van der Waals surface area contributed by atoms with Crippen molar-refractivity contribution in [2.75, 3.05) is 19.8 Å². The molecule has 2 aromatic rings. The fraction of sp³-hybridized carbons (Fsp3) is 0.278. The van der Waals surface area contributed by atoms with E-state index in [1.54, 1.807) is 12.1 Å². The molecule has 0 aliphatic carbocycles. The Kier molecular flexibility index (Phi) is 7.64. The predicted molar refractivity (Wildman–Crippen MR) is 101 cm³/mol. The molecule has 10 heteroatoms. The first-order chi connectivity index (χ1) is 13.4. The number of nitrogens with zero attached hydrogens (tertiary/aromatic N) is 1. The number of carbonyl (C=O) groups excluding carboxylic acids is 3. The van der Waals surface area contributed by atoms with E-state index in [4.69, 9.17) is 9.47 Å². The summed E-state index contributed by atoms with van der Waals surface area (Å²) in [7, 11) is 0. The van der Waals surface area contributed by atoms with Gasteiger partial charge in [-0.2, -0.15) is 0 Å². The largest absolute Gasteiger partial charge is 0.475 e. The first-order valence-corrected chi connectivity index (χ1v) is 9.06. The Morgan fingerprint density at radius 3 is 2.61 bits per heavy atom. The molecule has 0 saturated carbocycles. The highest BCUT2D eigenvalue weighted by Crippen LogP contribution is 2.25. The van der Waals surface area contributed by atoms with E-state index in [9.17, 15) is 24.5 Å². The Bertz CT molecular complexity index is 878. The minimum absolute atomic E-state index is 0.0576. The molecule has 0 spiro atoms. The van der Waals surface area contributed by atoms with Crippen LogP contribution in [0, 0.1) is 10.1 Å². The maximum absolute atomic E-state index is 12.1. The summed E-state index contributed by atoms with van der Waals surface area (Å²) in [6.45, 7) is 0.897. The van der Waals surface area contributed by atoms with Gasteiger partial charge in [0.2, 0.25) is 11.7 Å². The van der Waals surface area contributed by atoms with E-state index in [1.165, 1.54) is 42.5 Å². The summed E-state index contributed by atoms with van der Waals surface area (Å²) in [6, 6.07) is 9.05. The summed E-state index contributed by atoms with van der Waals surface area (Å²) in [5.41, 5.74) is -0.267. The molecule has 0 saturated heterocycles. The summed E-state index contributed by atoms with van der Waals surface area (Å²) in [5, 5.41) is 13.6. The Morgan fingerprint density at radius 2 is 1.89 bits per heavy atom. The summed E-state index contributed by atoms with van der Waals surface area (Å²) < 4.78 is 9.98. The number of hydrogen-bond acceptors (Lipinski definition) is 8. The van der Waals surface area contributed by atoms with Gasteiger partial charge < -0.3 is 14.8 Å². The van der Waals surface area contributed by atoms with Gasteiger partial charge >= 0.3 is 11.7 Å². The number of benzene rings is 1. The second-order valence-electron chi connectivity index (χ2n) is 5.60. The Morgan fingerprint density at radius 1 is 1.14 bits per heavy atom. The van der Waals surface area contributed by atoms with E-state index in [-0.39, 0.29) is 23.1 Å². The van der Waals surface area contributed by atoms with Crippen LogP contribution < -0.4 is 10.1 Å². The quantitative estimate of drug-likeness (QED) is 0.277. The number of carbonyl (C=O) groups is 3. The summed E-state index contributed by atoms with van der Waals surface area (Å²) >= 11 is 1.26. The molecule has 1 amide bonds. The first kappa shape index (κ1) is 21.0. The number of Topliss-reactive ketones (excluding diaryl/α,β-unsaturated/α-hetero) is 1. The minimum atomic E-state index is -0.811. The molecule has 148 valence electrons. The Hall–Kier alpha value is -3.27. The number of nitrogens with one attached hydrogen (secondary N) is 1. The van der Waals surface area contributed by atoms with Crippen molar-refractivity contribution >= 4 is 34.7 Å². The van der Waals surface area contributed by atoms with Crippen LogP contribution in [0.5, 0.6) is 5.75 Å². The number of ether oxygens (including phenoxy) is 2. The lowest BCUT2D eigenvalue weighted by Crippen LogP contribution is -2.22. The third kappa shape index (κ3) is 6.47. The van der Waals surface area contributed by atoms with E-state index in [0.29, 0.717) is 17.8 Å². The number of para-hydroxylation sites is 2. The van der Waals surface area contributed by atoms with Crippen molar-refractivity contribution in [2.45, 2.75) is 13.3 Å². The molecule has 9 nitrogen and oxygen atoms in total. The number of nitro groups is 1. The van der Waals surface area contributed by atoms with Crippen LogP contribution >= 0.6 is 11.3 Å². The van der Waals surface area contributed by atoms with Crippen LogP contribution in [0.15, 0.2) is 36.4 Å². The molecule has 0 radical (unpaired) electrons. The SMILES string of the molecule is CC(=O)NCCc1ccc(C(=O)COC(=O)COc2ccccc2[N+](=O)[O-])s1. The van der Waals surface area contributed by atoms with Gasteiger partial charge in [0.05, 0.1) is 9.80 Å². The third-order valence-corrected chi connectivity index (χ3v) is 4.64. The van der Waals surface area contributed by atoms with E-state index >= 15 is 0 Å². The number of amides is 1. The lowest BCUT2D eigenvalue weighted by Gasteiger charge is -2.06. The monoisotopic (exact) mass is 406 g/mol. The van der Waals surface area contributed by atoms with Crippen LogP contribution in [0.4, 0.5) is 5.69 Å². The van der Waals surface area contributed by atoms with E-state index < -0.39 is 24.1 Å². The van der Waals surface area contributed by atoms with Gasteiger partial charge in [-0.15, -0.1) is 11.3 Å². The number of rotatable bonds is 10. The number of ketones is 1. The second kappa shape index (κ2) is 10.2. The molecule has 28 heavy (non-hydrogen) atoms. The first-order valence-electron chi connectivity index (χ1n) is 8.25. The predicted octanol–water partition coefficient (Wildman–Crippen LogP) is 2.14. The minimum Gasteiger partial charge on any atom is -0.475 e. The van der Waals surface area contributed by atoms with Crippen molar-refractivity contribution in [1.29, 1.82) is 0 Å². The molecular weight excluding hydrogens is 388 g/mol. The van der Waals surface area contributed by atoms with Gasteiger partial charge in [-0.25, -0.2) is 4.79 Å². The Labute approximate surface area is 164 Å². The second-order valence-corrected chi connectivity index (χ2v) is 6.76. The Balaban J connectivity index is 1.78. The summed E-state index contributed by atoms with van der Waals surface area (Å²) in [4.78, 5) is 46.3. The van der Waals surface area contributed by atoms with Crippen molar-refractivity contribution in [2.24, 2.45) is 0 Å². The molecule has 0 atom stereocenters. The highest BCUT2D eigenvalue weighted by Gasteiger charge is 2.17. The van der Waals surface area contributed by atoms with Crippen LogP contribution in [0.1, 0.15) is 21.5 Å². The highest BCUT2D eigenvalue weighted by atomic mass is 32.1. The molecule has 1 heterocycles. The van der Waals surface area contributed by atoms with Crippen molar-refractivity contribution in [3.8, 4) is 5.75 Å². The molecule has 2 rings (SSSR count). The molecule has 0 aliphatic rings. The van der Waals surface area contributed by atoms with Gasteiger partial charge in [0.1, 0.15) is 0 Å². The zero-order valence-electron chi connectivity index (χ0n) is 15.0. The highest BCUT2D eigenvalue weighted by molar-refractivity contribution is 7.14. The summed E-state index contributed by atoms with van der Waals surface area (Å²) in [6.07, 6.45) is 0.598. The van der Waals surface area contributed by atoms with Crippen LogP contribution in [0.3, 0.4) is 0 Å². The number of thiophene rings is 1. The van der Waals surface area contributed by atoms with E-state index in [2.05, 4.69) is 5.32 Å². The van der Waals surface area contributed by atoms with E-state index in [1.807, 2.05) is 0 Å². The molecule has 0 fully saturated rings. The lowest BCUT2D eigenvalue weighted by molar-refractivity contribution is -0.385. The third-order valence-electron chi connectivity index (χ3n) is 3.45. The molecule has 1 aromatic heterocycles. The van der Waals surface area contributed by atoms with Crippen LogP contribution in [-0.2, 0) is 20.7 Å². The van der Waals surface area contributed by atoms with Crippen LogP contribution in [0.2, 0.25) is 0 Å². The molecule has 0 aliphatic heterocycles.